The Morgan fingerprint density at radius 2 is 1.95 bits per heavy atom. The van der Waals surface area contributed by atoms with Gasteiger partial charge in [-0.2, -0.15) is 4.31 Å². The molecule has 10 nitrogen and oxygen atoms in total. The number of carbonyl (C=O) groups excluding carboxylic acids is 2. The first kappa shape index (κ1) is 15.1. The molecule has 3 N–H and O–H groups in total. The molecule has 1 saturated heterocycles. The molecule has 1 aliphatic heterocycles. The van der Waals surface area contributed by atoms with Gasteiger partial charge in [0.2, 0.25) is 11.8 Å². The van der Waals surface area contributed by atoms with Crippen LogP contribution in [0.3, 0.4) is 0 Å². The van der Waals surface area contributed by atoms with E-state index in [1.165, 1.54) is 0 Å². The highest BCUT2D eigenvalue weighted by Crippen LogP contribution is 2.18. The molecule has 0 bridgehead atoms. The van der Waals surface area contributed by atoms with Crippen molar-refractivity contribution in [2.75, 3.05) is 6.54 Å². The van der Waals surface area contributed by atoms with Gasteiger partial charge >= 0.3 is 5.69 Å². The van der Waals surface area contributed by atoms with Gasteiger partial charge in [0.15, 0.2) is 4.90 Å². The summed E-state index contributed by atoms with van der Waals surface area (Å²) in [7, 11) is -4.40. The first-order valence-electron chi connectivity index (χ1n) is 5.95. The molecule has 2 rings (SSSR count). The molecule has 1 fully saturated rings. The Morgan fingerprint density at radius 1 is 1.29 bits per heavy atom. The van der Waals surface area contributed by atoms with Gasteiger partial charge in [-0.3, -0.25) is 24.7 Å². The molecule has 1 aromatic heterocycles. The molecule has 2 heterocycles. The number of nitrogens with one attached hydrogen (secondary N) is 3. The molecular formula is C10H12N4O6S. The predicted octanol–water partition coefficient (Wildman–Crippen LogP) is -2.51. The fourth-order valence-electron chi connectivity index (χ4n) is 2.00. The third kappa shape index (κ3) is 2.64. The fourth-order valence-corrected chi connectivity index (χ4v) is 3.61. The van der Waals surface area contributed by atoms with E-state index in [-0.39, 0.29) is 6.42 Å². The Morgan fingerprint density at radius 3 is 2.52 bits per heavy atom. The highest BCUT2D eigenvalue weighted by Gasteiger charge is 2.41. The number of hydrogen-bond acceptors (Lipinski definition) is 6. The van der Waals surface area contributed by atoms with Crippen LogP contribution in [0.15, 0.2) is 20.7 Å². The molecule has 0 aliphatic carbocycles. The number of rotatable bonds is 3. The van der Waals surface area contributed by atoms with E-state index in [0.717, 1.165) is 6.20 Å². The standard InChI is InChI=1S/C10H12N4O6S/c1-2-5-8(16)12-7(15)4-14(5)21(19,20)6-3-11-10(18)13-9(6)17/h3,5H,2,4H2,1H3,(H,12,15,16)(H2,11,13,17,18). The zero-order valence-electron chi connectivity index (χ0n) is 10.9. The van der Waals surface area contributed by atoms with Gasteiger partial charge in [0, 0.05) is 6.20 Å². The Hall–Kier alpha value is -2.27. The highest BCUT2D eigenvalue weighted by atomic mass is 32.2. The number of hydrogen-bond donors (Lipinski definition) is 3. The van der Waals surface area contributed by atoms with Crippen molar-refractivity contribution >= 4 is 21.8 Å². The number of nitrogens with zero attached hydrogens (tertiary/aromatic N) is 1. The first-order valence-corrected chi connectivity index (χ1v) is 7.39. The summed E-state index contributed by atoms with van der Waals surface area (Å²) in [5.74, 6) is -1.53. The Balaban J connectivity index is 2.55. The molecule has 0 aromatic carbocycles. The molecule has 1 aliphatic rings. The van der Waals surface area contributed by atoms with Crippen molar-refractivity contribution < 1.29 is 18.0 Å². The average molecular weight is 316 g/mol. The van der Waals surface area contributed by atoms with Crippen LogP contribution in [0.1, 0.15) is 13.3 Å². The topological polar surface area (TPSA) is 149 Å². The smallest absolute Gasteiger partial charge is 0.313 e. The number of imide groups is 1. The third-order valence-corrected chi connectivity index (χ3v) is 4.83. The van der Waals surface area contributed by atoms with Gasteiger partial charge in [0.05, 0.1) is 6.54 Å². The van der Waals surface area contributed by atoms with E-state index < -0.39 is 50.6 Å². The maximum atomic E-state index is 12.4. The van der Waals surface area contributed by atoms with Crippen LogP contribution in [-0.4, -0.2) is 47.1 Å². The number of aromatic nitrogens is 2. The van der Waals surface area contributed by atoms with E-state index in [1.807, 2.05) is 10.3 Å². The Kier molecular flexibility index (Phi) is 3.78. The number of piperazine rings is 1. The summed E-state index contributed by atoms with van der Waals surface area (Å²) in [6.45, 7) is 0.991. The number of H-pyrrole nitrogens is 2. The Bertz CT molecular complexity index is 807. The lowest BCUT2D eigenvalue weighted by Crippen LogP contribution is -2.59. The summed E-state index contributed by atoms with van der Waals surface area (Å²) in [6.07, 6.45) is 0.861. The molecule has 1 unspecified atom stereocenters. The minimum absolute atomic E-state index is 0.125. The van der Waals surface area contributed by atoms with Crippen molar-refractivity contribution in [1.29, 1.82) is 0 Å². The summed E-state index contributed by atoms with van der Waals surface area (Å²) in [4.78, 5) is 48.7. The van der Waals surface area contributed by atoms with Crippen molar-refractivity contribution in [3.8, 4) is 0 Å². The van der Waals surface area contributed by atoms with Crippen LogP contribution < -0.4 is 16.6 Å². The van der Waals surface area contributed by atoms with Gasteiger partial charge in [0.1, 0.15) is 6.04 Å². The van der Waals surface area contributed by atoms with Gasteiger partial charge in [0.25, 0.3) is 15.6 Å². The predicted molar refractivity (Wildman–Crippen MR) is 68.8 cm³/mol. The average Bonchev–Trinajstić information content (AvgIpc) is 2.37. The van der Waals surface area contributed by atoms with Crippen molar-refractivity contribution in [2.45, 2.75) is 24.3 Å². The Labute approximate surface area is 118 Å². The normalized spacial score (nSPS) is 20.3. The summed E-state index contributed by atoms with van der Waals surface area (Å²) in [5.41, 5.74) is -1.98. The van der Waals surface area contributed by atoms with Gasteiger partial charge in [-0.25, -0.2) is 13.2 Å². The molecule has 2 amide bonds. The van der Waals surface area contributed by atoms with E-state index >= 15 is 0 Å². The van der Waals surface area contributed by atoms with Crippen LogP contribution in [0.5, 0.6) is 0 Å². The number of amides is 2. The van der Waals surface area contributed by atoms with Crippen molar-refractivity contribution in [1.82, 2.24) is 19.6 Å². The summed E-state index contributed by atoms with van der Waals surface area (Å²) >= 11 is 0. The number of sulfonamides is 1. The molecule has 114 valence electrons. The van der Waals surface area contributed by atoms with Crippen LogP contribution in [-0.2, 0) is 19.6 Å². The zero-order valence-corrected chi connectivity index (χ0v) is 11.7. The zero-order chi connectivity index (χ0) is 15.8. The molecule has 11 heteroatoms. The number of carbonyl (C=O) groups is 2. The summed E-state index contributed by atoms with van der Waals surface area (Å²) in [5, 5.41) is 2.03. The van der Waals surface area contributed by atoms with Crippen molar-refractivity contribution in [3.05, 3.63) is 27.0 Å². The van der Waals surface area contributed by atoms with Gasteiger partial charge in [-0.1, -0.05) is 6.92 Å². The van der Waals surface area contributed by atoms with E-state index in [1.54, 1.807) is 11.9 Å². The largest absolute Gasteiger partial charge is 0.325 e. The van der Waals surface area contributed by atoms with Crippen LogP contribution >= 0.6 is 0 Å². The molecule has 0 saturated carbocycles. The minimum atomic E-state index is -4.40. The quantitative estimate of drug-likeness (QED) is 0.524. The fraction of sp³-hybridized carbons (Fsp3) is 0.400. The summed E-state index contributed by atoms with van der Waals surface area (Å²) in [6, 6.07) is -1.10. The number of aromatic amines is 2. The second-order valence-electron chi connectivity index (χ2n) is 4.32. The third-order valence-electron chi connectivity index (χ3n) is 2.97. The molecule has 0 radical (unpaired) electrons. The first-order chi connectivity index (χ1) is 9.77. The van der Waals surface area contributed by atoms with E-state index in [2.05, 4.69) is 0 Å². The van der Waals surface area contributed by atoms with Crippen molar-refractivity contribution in [2.24, 2.45) is 0 Å². The molecule has 21 heavy (non-hydrogen) atoms. The lowest BCUT2D eigenvalue weighted by molar-refractivity contribution is -0.137. The SMILES string of the molecule is CCC1C(=O)NC(=O)CN1S(=O)(=O)c1c[nH]c(=O)[nH]c1=O. The second-order valence-corrected chi connectivity index (χ2v) is 6.18. The highest BCUT2D eigenvalue weighted by molar-refractivity contribution is 7.89. The van der Waals surface area contributed by atoms with Crippen LogP contribution in [0.25, 0.3) is 0 Å². The van der Waals surface area contributed by atoms with Gasteiger partial charge in [-0.15, -0.1) is 0 Å². The van der Waals surface area contributed by atoms with Crippen LogP contribution in [0, 0.1) is 0 Å². The molecule has 1 aromatic rings. The molecule has 0 spiro atoms. The lowest BCUT2D eigenvalue weighted by atomic mass is 10.2. The second kappa shape index (κ2) is 5.26. The van der Waals surface area contributed by atoms with Crippen molar-refractivity contribution in [3.63, 3.8) is 0 Å². The lowest BCUT2D eigenvalue weighted by Gasteiger charge is -2.31. The van der Waals surface area contributed by atoms with Crippen LogP contribution in [0.2, 0.25) is 0 Å². The molecular weight excluding hydrogens is 304 g/mol. The minimum Gasteiger partial charge on any atom is -0.313 e. The van der Waals surface area contributed by atoms with E-state index in [0.29, 0.717) is 4.31 Å². The maximum Gasteiger partial charge on any atom is 0.325 e. The molecule has 1 atom stereocenters. The van der Waals surface area contributed by atoms with E-state index in [4.69, 9.17) is 0 Å². The van der Waals surface area contributed by atoms with E-state index in [9.17, 15) is 27.6 Å². The maximum absolute atomic E-state index is 12.4. The monoisotopic (exact) mass is 316 g/mol. The van der Waals surface area contributed by atoms with Crippen LogP contribution in [0.4, 0.5) is 0 Å². The van der Waals surface area contributed by atoms with Gasteiger partial charge in [-0.05, 0) is 6.42 Å². The summed E-state index contributed by atoms with van der Waals surface area (Å²) < 4.78 is 25.5. The van der Waals surface area contributed by atoms with Gasteiger partial charge < -0.3 is 4.98 Å².